The van der Waals surface area contributed by atoms with Gasteiger partial charge in [0.1, 0.15) is 11.6 Å². The molecular formula is C17H26N2O5. The predicted molar refractivity (Wildman–Crippen MR) is 87.3 cm³/mol. The van der Waals surface area contributed by atoms with E-state index >= 15 is 0 Å². The Bertz CT molecular complexity index is 544. The molecule has 0 aromatic carbocycles. The molecule has 0 saturated carbocycles. The third-order valence-electron chi connectivity index (χ3n) is 4.06. The molecule has 0 spiro atoms. The Morgan fingerprint density at radius 1 is 1.17 bits per heavy atom. The lowest BCUT2D eigenvalue weighted by Gasteiger charge is -2.29. The third-order valence-corrected chi connectivity index (χ3v) is 4.06. The molecule has 7 heteroatoms. The first-order valence-electron chi connectivity index (χ1n) is 8.27. The second kappa shape index (κ2) is 7.23. The second-order valence-electron chi connectivity index (χ2n) is 7.19. The smallest absolute Gasteiger partial charge is 0.411 e. The zero-order chi connectivity index (χ0) is 17.9. The van der Waals surface area contributed by atoms with Crippen LogP contribution in [0.15, 0.2) is 11.6 Å². The van der Waals surface area contributed by atoms with Gasteiger partial charge in [-0.05, 0) is 39.2 Å². The summed E-state index contributed by atoms with van der Waals surface area (Å²) >= 11 is 0. The molecule has 2 rings (SSSR count). The minimum atomic E-state index is -0.646. The van der Waals surface area contributed by atoms with Crippen LogP contribution in [0.2, 0.25) is 0 Å². The van der Waals surface area contributed by atoms with Crippen LogP contribution in [-0.2, 0) is 19.1 Å². The topological polar surface area (TPSA) is 76.2 Å². The van der Waals surface area contributed by atoms with E-state index < -0.39 is 23.7 Å². The molecule has 0 aromatic rings. The first-order chi connectivity index (χ1) is 11.2. The van der Waals surface area contributed by atoms with Crippen LogP contribution in [-0.4, -0.2) is 66.2 Å². The van der Waals surface area contributed by atoms with Crippen molar-refractivity contribution in [3.63, 3.8) is 0 Å². The Hall–Kier alpha value is -2.05. The molecule has 2 saturated heterocycles. The van der Waals surface area contributed by atoms with Crippen LogP contribution in [0.1, 0.15) is 40.0 Å². The Balaban J connectivity index is 2.19. The quantitative estimate of drug-likeness (QED) is 0.566. The molecule has 0 aromatic heterocycles. The van der Waals surface area contributed by atoms with E-state index in [4.69, 9.17) is 4.74 Å². The number of amides is 2. The van der Waals surface area contributed by atoms with Gasteiger partial charge in [0.2, 0.25) is 5.91 Å². The summed E-state index contributed by atoms with van der Waals surface area (Å²) in [6, 6.07) is -0.617. The fourth-order valence-electron chi connectivity index (χ4n) is 2.96. The van der Waals surface area contributed by atoms with Gasteiger partial charge in [-0.15, -0.1) is 0 Å². The van der Waals surface area contributed by atoms with Crippen LogP contribution in [0.4, 0.5) is 4.79 Å². The standard InChI is InChI=1S/C17H26N2O5/c1-17(2,3)24-16(22)19-11-12(10-14(20)23-4)9-13(19)15(21)18-7-5-6-8-18/h10,13H,5-9,11H2,1-4H3/t13-/m0/s1. The van der Waals surface area contributed by atoms with Gasteiger partial charge in [0.15, 0.2) is 0 Å². The van der Waals surface area contributed by atoms with E-state index in [1.54, 1.807) is 25.7 Å². The molecule has 134 valence electrons. The van der Waals surface area contributed by atoms with Crippen molar-refractivity contribution in [2.75, 3.05) is 26.7 Å². The summed E-state index contributed by atoms with van der Waals surface area (Å²) in [6.07, 6.45) is 3.12. The SMILES string of the molecule is COC(=O)C=C1C[C@@H](C(=O)N2CCCC2)N(C(=O)OC(C)(C)C)C1. The average Bonchev–Trinajstić information content (AvgIpc) is 3.14. The van der Waals surface area contributed by atoms with Gasteiger partial charge in [-0.3, -0.25) is 9.69 Å². The van der Waals surface area contributed by atoms with E-state index in [0.29, 0.717) is 25.1 Å². The lowest BCUT2D eigenvalue weighted by Crippen LogP contribution is -2.48. The molecule has 24 heavy (non-hydrogen) atoms. The number of esters is 1. The number of hydrogen-bond donors (Lipinski definition) is 0. The van der Waals surface area contributed by atoms with Crippen molar-refractivity contribution in [2.24, 2.45) is 0 Å². The Morgan fingerprint density at radius 2 is 1.79 bits per heavy atom. The number of carbonyl (C=O) groups excluding carboxylic acids is 3. The molecule has 0 N–H and O–H groups in total. The minimum absolute atomic E-state index is 0.0772. The van der Waals surface area contributed by atoms with E-state index in [1.807, 2.05) is 0 Å². The summed E-state index contributed by atoms with van der Waals surface area (Å²) in [5.41, 5.74) is 0.0536. The normalized spacial score (nSPS) is 22.8. The number of likely N-dealkylation sites (tertiary alicyclic amines) is 2. The highest BCUT2D eigenvalue weighted by Gasteiger charge is 2.41. The Kier molecular flexibility index (Phi) is 5.51. The number of methoxy groups -OCH3 is 1. The molecule has 2 fully saturated rings. The van der Waals surface area contributed by atoms with E-state index in [9.17, 15) is 14.4 Å². The van der Waals surface area contributed by atoms with Gasteiger partial charge < -0.3 is 14.4 Å². The maximum atomic E-state index is 12.8. The van der Waals surface area contributed by atoms with Gasteiger partial charge >= 0.3 is 12.1 Å². The predicted octanol–water partition coefficient (Wildman–Crippen LogP) is 1.72. The van der Waals surface area contributed by atoms with Crippen molar-refractivity contribution in [1.82, 2.24) is 9.80 Å². The fraction of sp³-hybridized carbons (Fsp3) is 0.706. The Morgan fingerprint density at radius 3 is 2.33 bits per heavy atom. The van der Waals surface area contributed by atoms with E-state index in [-0.39, 0.29) is 12.5 Å². The highest BCUT2D eigenvalue weighted by atomic mass is 16.6. The van der Waals surface area contributed by atoms with Crippen LogP contribution >= 0.6 is 0 Å². The van der Waals surface area contributed by atoms with Crippen LogP contribution in [0.3, 0.4) is 0 Å². The minimum Gasteiger partial charge on any atom is -0.466 e. The lowest BCUT2D eigenvalue weighted by molar-refractivity contribution is -0.135. The fourth-order valence-corrected chi connectivity index (χ4v) is 2.96. The molecule has 7 nitrogen and oxygen atoms in total. The summed E-state index contributed by atoms with van der Waals surface area (Å²) in [7, 11) is 1.30. The zero-order valence-corrected chi connectivity index (χ0v) is 14.8. The van der Waals surface area contributed by atoms with Crippen molar-refractivity contribution in [3.05, 3.63) is 11.6 Å². The van der Waals surface area contributed by atoms with Crippen molar-refractivity contribution >= 4 is 18.0 Å². The van der Waals surface area contributed by atoms with Crippen molar-refractivity contribution in [3.8, 4) is 0 Å². The first kappa shape index (κ1) is 18.3. The molecule has 2 aliphatic rings. The highest BCUT2D eigenvalue weighted by molar-refractivity contribution is 5.89. The lowest BCUT2D eigenvalue weighted by atomic mass is 10.1. The largest absolute Gasteiger partial charge is 0.466 e. The van der Waals surface area contributed by atoms with Crippen LogP contribution < -0.4 is 0 Å². The van der Waals surface area contributed by atoms with Crippen molar-refractivity contribution in [1.29, 1.82) is 0 Å². The zero-order valence-electron chi connectivity index (χ0n) is 14.8. The summed E-state index contributed by atoms with van der Waals surface area (Å²) in [4.78, 5) is 39.9. The summed E-state index contributed by atoms with van der Waals surface area (Å²) < 4.78 is 10.1. The maximum absolute atomic E-state index is 12.8. The molecule has 1 atom stereocenters. The van der Waals surface area contributed by atoms with Crippen LogP contribution in [0.25, 0.3) is 0 Å². The number of ether oxygens (including phenoxy) is 2. The van der Waals surface area contributed by atoms with Gasteiger partial charge in [0.05, 0.1) is 7.11 Å². The molecule has 2 amide bonds. The molecule has 0 bridgehead atoms. The van der Waals surface area contributed by atoms with E-state index in [0.717, 1.165) is 12.8 Å². The average molecular weight is 338 g/mol. The highest BCUT2D eigenvalue weighted by Crippen LogP contribution is 2.27. The number of rotatable bonds is 2. The summed E-state index contributed by atoms with van der Waals surface area (Å²) in [6.45, 7) is 6.98. The van der Waals surface area contributed by atoms with Gasteiger partial charge in [-0.1, -0.05) is 0 Å². The van der Waals surface area contributed by atoms with Gasteiger partial charge in [-0.2, -0.15) is 0 Å². The number of hydrogen-bond acceptors (Lipinski definition) is 5. The van der Waals surface area contributed by atoms with Crippen molar-refractivity contribution in [2.45, 2.75) is 51.7 Å². The third kappa shape index (κ3) is 4.49. The van der Waals surface area contributed by atoms with Gasteiger partial charge in [0, 0.05) is 32.1 Å². The summed E-state index contributed by atoms with van der Waals surface area (Å²) in [5, 5.41) is 0. The summed E-state index contributed by atoms with van der Waals surface area (Å²) in [5.74, 6) is -0.560. The number of nitrogens with zero attached hydrogens (tertiary/aromatic N) is 2. The first-order valence-corrected chi connectivity index (χ1v) is 8.27. The molecular weight excluding hydrogens is 312 g/mol. The van der Waals surface area contributed by atoms with Crippen LogP contribution in [0, 0.1) is 0 Å². The van der Waals surface area contributed by atoms with E-state index in [1.165, 1.54) is 18.1 Å². The molecule has 2 aliphatic heterocycles. The molecule has 0 radical (unpaired) electrons. The number of carbonyl (C=O) groups is 3. The molecule has 0 unspecified atom stereocenters. The van der Waals surface area contributed by atoms with E-state index in [2.05, 4.69) is 4.74 Å². The maximum Gasteiger partial charge on any atom is 0.411 e. The van der Waals surface area contributed by atoms with Gasteiger partial charge in [0.25, 0.3) is 0 Å². The van der Waals surface area contributed by atoms with Crippen LogP contribution in [0.5, 0.6) is 0 Å². The molecule has 0 aliphatic carbocycles. The molecule has 2 heterocycles. The van der Waals surface area contributed by atoms with Gasteiger partial charge in [-0.25, -0.2) is 9.59 Å². The Labute approximate surface area is 142 Å². The second-order valence-corrected chi connectivity index (χ2v) is 7.19. The monoisotopic (exact) mass is 338 g/mol. The van der Waals surface area contributed by atoms with Crippen molar-refractivity contribution < 1.29 is 23.9 Å².